The minimum atomic E-state index is -5.02. The maximum Gasteiger partial charge on any atom is 0.472 e. The number of likely N-dealkylation sites (tertiary alicyclic amines) is 1. The molecule has 2 heterocycles. The van der Waals surface area contributed by atoms with Crippen molar-refractivity contribution >= 4 is 19.8 Å². The Hall–Kier alpha value is -3.01. The quantitative estimate of drug-likeness (QED) is 0.188. The molecule has 4 rings (SSSR count). The highest BCUT2D eigenvalue weighted by molar-refractivity contribution is 7.46. The van der Waals surface area contributed by atoms with Crippen molar-refractivity contribution in [1.82, 2.24) is 10.2 Å². The number of alkyl halides is 6. The van der Waals surface area contributed by atoms with Crippen LogP contribution in [0, 0.1) is 0 Å². The molecule has 2 saturated heterocycles. The van der Waals surface area contributed by atoms with Gasteiger partial charge in [-0.3, -0.25) is 4.79 Å². The summed E-state index contributed by atoms with van der Waals surface area (Å²) in [4.78, 5) is 43.9. The van der Waals surface area contributed by atoms with E-state index in [0.717, 1.165) is 4.90 Å². The predicted molar refractivity (Wildman–Crippen MR) is 139 cm³/mol. The van der Waals surface area contributed by atoms with Crippen molar-refractivity contribution in [2.45, 2.75) is 62.1 Å². The Morgan fingerprint density at radius 1 is 1.02 bits per heavy atom. The van der Waals surface area contributed by atoms with Crippen LogP contribution in [0.25, 0.3) is 0 Å². The largest absolute Gasteiger partial charge is 0.472 e. The summed E-state index contributed by atoms with van der Waals surface area (Å²) >= 11 is 0. The molecule has 0 aliphatic carbocycles. The van der Waals surface area contributed by atoms with Crippen molar-refractivity contribution in [3.8, 4) is 0 Å². The minimum absolute atomic E-state index is 0.0148. The van der Waals surface area contributed by atoms with Gasteiger partial charge in [0.2, 0.25) is 12.7 Å². The molecule has 2 aliphatic rings. The number of hydrogen-bond acceptors (Lipinski definition) is 7. The second kappa shape index (κ2) is 12.4. The van der Waals surface area contributed by atoms with Gasteiger partial charge in [0.15, 0.2) is 0 Å². The van der Waals surface area contributed by atoms with Gasteiger partial charge < -0.3 is 24.6 Å². The molecule has 2 aliphatic heterocycles. The Bertz CT molecular complexity index is 1380. The van der Waals surface area contributed by atoms with Gasteiger partial charge in [0.05, 0.1) is 34.9 Å². The van der Waals surface area contributed by atoms with Crippen LogP contribution in [0.3, 0.4) is 0 Å². The van der Waals surface area contributed by atoms with E-state index in [1.807, 2.05) is 0 Å². The fraction of sp³-hybridized carbons (Fsp3) is 0.481. The molecular formula is C27H29F6N2O8P. The lowest BCUT2D eigenvalue weighted by molar-refractivity contribution is -0.143. The van der Waals surface area contributed by atoms with Gasteiger partial charge in [-0.1, -0.05) is 30.3 Å². The summed E-state index contributed by atoms with van der Waals surface area (Å²) in [5.41, 5.74) is -4.65. The van der Waals surface area contributed by atoms with Crippen LogP contribution in [-0.2, 0) is 41.2 Å². The van der Waals surface area contributed by atoms with Crippen LogP contribution in [0.4, 0.5) is 31.1 Å². The molecule has 1 spiro atoms. The summed E-state index contributed by atoms with van der Waals surface area (Å²) in [5, 5.41) is 3.30. The molecule has 0 radical (unpaired) electrons. The number of ether oxygens (including phenoxy) is 2. The lowest BCUT2D eigenvalue weighted by atomic mass is 9.75. The SMILES string of the molecule is C[C@@H](OC[C@@]1(c2ccccc2)CC[C@]2(CCC(=O)N2C(=O)OCOP(=O)(O)O)CN1)c1cc(C(F)(F)F)cc(C(F)(F)F)c1. The van der Waals surface area contributed by atoms with Gasteiger partial charge >= 0.3 is 26.3 Å². The Balaban J connectivity index is 1.56. The average Bonchev–Trinajstić information content (AvgIpc) is 3.26. The summed E-state index contributed by atoms with van der Waals surface area (Å²) < 4.78 is 106. The van der Waals surface area contributed by atoms with Crippen LogP contribution in [0.5, 0.6) is 0 Å². The third kappa shape index (κ3) is 7.61. The first kappa shape index (κ1) is 33.9. The van der Waals surface area contributed by atoms with Crippen LogP contribution in [-0.4, -0.2) is 52.2 Å². The Morgan fingerprint density at radius 2 is 1.64 bits per heavy atom. The average molecular weight is 654 g/mol. The van der Waals surface area contributed by atoms with E-state index in [9.17, 15) is 40.5 Å². The smallest absolute Gasteiger partial charge is 0.421 e. The fourth-order valence-corrected chi connectivity index (χ4v) is 5.67. The molecule has 2 aromatic carbocycles. The van der Waals surface area contributed by atoms with Crippen molar-refractivity contribution in [3.05, 3.63) is 70.8 Å². The number of phosphoric ester groups is 1. The van der Waals surface area contributed by atoms with Crippen LogP contribution in [0.15, 0.2) is 48.5 Å². The summed E-state index contributed by atoms with van der Waals surface area (Å²) in [6.45, 7) is 0.0649. The number of phosphoric acid groups is 1. The number of imide groups is 1. The normalized spacial score (nSPS) is 23.7. The molecule has 0 unspecified atom stereocenters. The van der Waals surface area contributed by atoms with Gasteiger partial charge in [-0.2, -0.15) is 26.3 Å². The third-order valence-electron chi connectivity index (χ3n) is 7.87. The van der Waals surface area contributed by atoms with E-state index in [1.54, 1.807) is 30.3 Å². The van der Waals surface area contributed by atoms with Crippen LogP contribution >= 0.6 is 7.82 Å². The van der Waals surface area contributed by atoms with E-state index in [2.05, 4.69) is 9.84 Å². The molecule has 0 saturated carbocycles. The monoisotopic (exact) mass is 654 g/mol. The van der Waals surface area contributed by atoms with E-state index in [4.69, 9.17) is 19.3 Å². The van der Waals surface area contributed by atoms with Crippen molar-refractivity contribution in [2.75, 3.05) is 19.9 Å². The molecule has 242 valence electrons. The molecule has 17 heteroatoms. The highest BCUT2D eigenvalue weighted by atomic mass is 31.2. The molecule has 44 heavy (non-hydrogen) atoms. The maximum atomic E-state index is 13.4. The second-order valence-corrected chi connectivity index (χ2v) is 11.9. The lowest BCUT2D eigenvalue weighted by Crippen LogP contribution is -2.63. The highest BCUT2D eigenvalue weighted by Crippen LogP contribution is 2.44. The number of carbonyl (C=O) groups is 2. The van der Waals surface area contributed by atoms with E-state index < -0.39 is 67.3 Å². The van der Waals surface area contributed by atoms with Gasteiger partial charge in [-0.15, -0.1) is 0 Å². The number of hydrogen-bond donors (Lipinski definition) is 3. The standard InChI is InChI=1S/C27H29F6N2O8P/c1-17(18-11-20(26(28,29)30)13-21(12-18)27(31,32)33)41-15-25(19-5-3-2-4-6-19)10-9-24(14-34-25)8-7-22(36)35(24)23(37)42-16-43-44(38,39)40/h2-6,11-13,17,34H,7-10,14-16H2,1H3,(H2,38,39,40)/t17-,24-,25-/m1/s1. The number of halogens is 6. The van der Waals surface area contributed by atoms with Crippen molar-refractivity contribution < 1.29 is 64.3 Å². The first-order valence-corrected chi connectivity index (χ1v) is 14.8. The van der Waals surface area contributed by atoms with Gasteiger partial charge in [0, 0.05) is 13.0 Å². The molecule has 3 atom stereocenters. The molecular weight excluding hydrogens is 625 g/mol. The third-order valence-corrected chi connectivity index (χ3v) is 8.31. The van der Waals surface area contributed by atoms with Gasteiger partial charge in [0.1, 0.15) is 0 Å². The van der Waals surface area contributed by atoms with E-state index in [1.165, 1.54) is 6.92 Å². The number of nitrogens with zero attached hydrogens (tertiary/aromatic N) is 1. The Labute approximate surface area is 247 Å². The van der Waals surface area contributed by atoms with E-state index in [-0.39, 0.29) is 50.5 Å². The highest BCUT2D eigenvalue weighted by Gasteiger charge is 2.54. The van der Waals surface area contributed by atoms with Crippen LogP contribution in [0.1, 0.15) is 61.0 Å². The number of carbonyl (C=O) groups excluding carboxylic acids is 2. The molecule has 2 fully saturated rings. The summed E-state index contributed by atoms with van der Waals surface area (Å²) in [6.07, 6.45) is -11.7. The second-order valence-electron chi connectivity index (χ2n) is 10.7. The number of nitrogens with one attached hydrogen (secondary N) is 1. The first-order chi connectivity index (χ1) is 20.4. The van der Waals surface area contributed by atoms with Crippen LogP contribution in [0.2, 0.25) is 0 Å². The molecule has 10 nitrogen and oxygen atoms in total. The first-order valence-electron chi connectivity index (χ1n) is 13.3. The predicted octanol–water partition coefficient (Wildman–Crippen LogP) is 5.65. The van der Waals surface area contributed by atoms with Gasteiger partial charge in [-0.05, 0) is 55.5 Å². The topological polar surface area (TPSA) is 135 Å². The minimum Gasteiger partial charge on any atom is -0.421 e. The molecule has 2 amide bonds. The Kier molecular flexibility index (Phi) is 9.55. The van der Waals surface area contributed by atoms with Crippen molar-refractivity contribution in [3.63, 3.8) is 0 Å². The number of rotatable bonds is 8. The number of piperidine rings is 1. The van der Waals surface area contributed by atoms with Gasteiger partial charge in [-0.25, -0.2) is 18.8 Å². The lowest BCUT2D eigenvalue weighted by Gasteiger charge is -2.48. The molecule has 3 N–H and O–H groups in total. The van der Waals surface area contributed by atoms with E-state index >= 15 is 0 Å². The summed E-state index contributed by atoms with van der Waals surface area (Å²) in [5.74, 6) is -0.574. The van der Waals surface area contributed by atoms with E-state index in [0.29, 0.717) is 17.7 Å². The number of benzene rings is 2. The van der Waals surface area contributed by atoms with Gasteiger partial charge in [0.25, 0.3) is 0 Å². The van der Waals surface area contributed by atoms with Crippen molar-refractivity contribution in [1.29, 1.82) is 0 Å². The zero-order valence-electron chi connectivity index (χ0n) is 23.2. The summed E-state index contributed by atoms with van der Waals surface area (Å²) in [7, 11) is -4.94. The van der Waals surface area contributed by atoms with Crippen molar-refractivity contribution in [2.24, 2.45) is 0 Å². The zero-order chi connectivity index (χ0) is 32.6. The fourth-order valence-electron chi connectivity index (χ4n) is 5.48. The van der Waals surface area contributed by atoms with Crippen LogP contribution < -0.4 is 5.32 Å². The Morgan fingerprint density at radius 3 is 2.16 bits per heavy atom. The molecule has 0 bridgehead atoms. The number of amides is 2. The molecule has 2 aromatic rings. The zero-order valence-corrected chi connectivity index (χ0v) is 24.0. The summed E-state index contributed by atoms with van der Waals surface area (Å²) in [6, 6.07) is 10.0. The molecule has 0 aromatic heterocycles. The maximum absolute atomic E-state index is 13.4.